The highest BCUT2D eigenvalue weighted by atomic mass is 19.1. The molecule has 150 valence electrons. The van der Waals surface area contributed by atoms with Crippen LogP contribution in [0.1, 0.15) is 37.7 Å². The molecular weight excluding hydrogens is 345 g/mol. The summed E-state index contributed by atoms with van der Waals surface area (Å²) >= 11 is 0. The third kappa shape index (κ3) is 5.66. The van der Waals surface area contributed by atoms with Gasteiger partial charge in [-0.2, -0.15) is 0 Å². The number of ether oxygens (including phenoxy) is 2. The molecule has 27 heavy (non-hydrogen) atoms. The standard InChI is InChI=1S/C21H32FN3O2/c1-23-20(24-11-3-12-26-14-17-8-13-27-15-17)25-16-21(9-2-10-21)18-4-6-19(22)7-5-18/h4-7,17H,2-3,8-16H2,1H3,(H2,23,24,25). The Morgan fingerprint density at radius 2 is 2.11 bits per heavy atom. The number of halogens is 1. The van der Waals surface area contributed by atoms with Crippen LogP contribution in [0.5, 0.6) is 0 Å². The molecule has 1 atom stereocenters. The molecule has 2 fully saturated rings. The van der Waals surface area contributed by atoms with E-state index in [4.69, 9.17) is 9.47 Å². The fourth-order valence-corrected chi connectivity index (χ4v) is 3.79. The van der Waals surface area contributed by atoms with E-state index in [2.05, 4.69) is 15.6 Å². The van der Waals surface area contributed by atoms with Crippen LogP contribution in [-0.4, -0.2) is 52.5 Å². The lowest BCUT2D eigenvalue weighted by atomic mass is 9.64. The maximum absolute atomic E-state index is 13.2. The molecule has 2 N–H and O–H groups in total. The Bertz CT molecular complexity index is 596. The second-order valence-corrected chi connectivity index (χ2v) is 7.65. The van der Waals surface area contributed by atoms with E-state index in [1.54, 1.807) is 19.2 Å². The molecule has 1 aromatic rings. The Balaban J connectivity index is 1.35. The molecule has 0 radical (unpaired) electrons. The number of benzene rings is 1. The first-order chi connectivity index (χ1) is 13.2. The summed E-state index contributed by atoms with van der Waals surface area (Å²) in [5.74, 6) is 1.20. The van der Waals surface area contributed by atoms with Crippen molar-refractivity contribution in [3.05, 3.63) is 35.6 Å². The van der Waals surface area contributed by atoms with Crippen LogP contribution in [0.3, 0.4) is 0 Å². The lowest BCUT2D eigenvalue weighted by Gasteiger charge is -2.43. The maximum Gasteiger partial charge on any atom is 0.191 e. The molecule has 6 heteroatoms. The summed E-state index contributed by atoms with van der Waals surface area (Å²) in [5.41, 5.74) is 1.31. The predicted octanol–water partition coefficient (Wildman–Crippen LogP) is 2.86. The van der Waals surface area contributed by atoms with Crippen LogP contribution in [0.2, 0.25) is 0 Å². The SMILES string of the molecule is CN=C(NCCCOCC1CCOC1)NCC1(c2ccc(F)cc2)CCC1. The van der Waals surface area contributed by atoms with Gasteiger partial charge in [-0.3, -0.25) is 4.99 Å². The second-order valence-electron chi connectivity index (χ2n) is 7.65. The van der Waals surface area contributed by atoms with Crippen molar-refractivity contribution < 1.29 is 13.9 Å². The monoisotopic (exact) mass is 377 g/mol. The van der Waals surface area contributed by atoms with Gasteiger partial charge in [-0.05, 0) is 43.4 Å². The Morgan fingerprint density at radius 3 is 2.74 bits per heavy atom. The van der Waals surface area contributed by atoms with Gasteiger partial charge < -0.3 is 20.1 Å². The minimum absolute atomic E-state index is 0.0950. The van der Waals surface area contributed by atoms with E-state index in [1.165, 1.54) is 12.0 Å². The summed E-state index contributed by atoms with van der Waals surface area (Å²) in [6.07, 6.45) is 5.53. The fraction of sp³-hybridized carbons (Fsp3) is 0.667. The van der Waals surface area contributed by atoms with Gasteiger partial charge in [-0.1, -0.05) is 18.6 Å². The van der Waals surface area contributed by atoms with Gasteiger partial charge in [-0.15, -0.1) is 0 Å². The molecule has 0 aromatic heterocycles. The molecule has 0 bridgehead atoms. The van der Waals surface area contributed by atoms with Gasteiger partial charge >= 0.3 is 0 Å². The van der Waals surface area contributed by atoms with Crippen LogP contribution < -0.4 is 10.6 Å². The van der Waals surface area contributed by atoms with Crippen molar-refractivity contribution in [2.75, 3.05) is 46.6 Å². The van der Waals surface area contributed by atoms with Crippen molar-refractivity contribution in [2.45, 2.75) is 37.5 Å². The summed E-state index contributed by atoms with van der Waals surface area (Å²) in [4.78, 5) is 4.32. The van der Waals surface area contributed by atoms with Crippen molar-refractivity contribution in [1.29, 1.82) is 0 Å². The number of nitrogens with one attached hydrogen (secondary N) is 2. The van der Waals surface area contributed by atoms with Gasteiger partial charge in [-0.25, -0.2) is 4.39 Å². The molecule has 3 rings (SSSR count). The smallest absolute Gasteiger partial charge is 0.191 e. The predicted molar refractivity (Wildman–Crippen MR) is 106 cm³/mol. The molecule has 1 aliphatic carbocycles. The summed E-state index contributed by atoms with van der Waals surface area (Å²) < 4.78 is 24.3. The third-order valence-electron chi connectivity index (χ3n) is 5.72. The normalized spacial score (nSPS) is 21.7. The van der Waals surface area contributed by atoms with E-state index in [0.29, 0.717) is 5.92 Å². The highest BCUT2D eigenvalue weighted by Crippen LogP contribution is 2.43. The summed E-state index contributed by atoms with van der Waals surface area (Å²) in [7, 11) is 1.79. The molecule has 1 aromatic carbocycles. The van der Waals surface area contributed by atoms with Crippen LogP contribution in [0.15, 0.2) is 29.3 Å². The van der Waals surface area contributed by atoms with Crippen LogP contribution in [-0.2, 0) is 14.9 Å². The first-order valence-electron chi connectivity index (χ1n) is 10.1. The minimum atomic E-state index is -0.179. The number of nitrogens with zero attached hydrogens (tertiary/aromatic N) is 1. The largest absolute Gasteiger partial charge is 0.381 e. The van der Waals surface area contributed by atoms with Crippen LogP contribution in [0.4, 0.5) is 4.39 Å². The quantitative estimate of drug-likeness (QED) is 0.395. The zero-order valence-electron chi connectivity index (χ0n) is 16.3. The van der Waals surface area contributed by atoms with Crippen molar-refractivity contribution in [1.82, 2.24) is 10.6 Å². The molecule has 1 unspecified atom stereocenters. The third-order valence-corrected chi connectivity index (χ3v) is 5.72. The van der Waals surface area contributed by atoms with Crippen molar-refractivity contribution >= 4 is 5.96 Å². The molecule has 5 nitrogen and oxygen atoms in total. The van der Waals surface area contributed by atoms with Crippen molar-refractivity contribution in [2.24, 2.45) is 10.9 Å². The van der Waals surface area contributed by atoms with E-state index in [1.807, 2.05) is 12.1 Å². The first-order valence-corrected chi connectivity index (χ1v) is 10.1. The van der Waals surface area contributed by atoms with Gasteiger partial charge in [0.05, 0.1) is 13.2 Å². The van der Waals surface area contributed by atoms with Gasteiger partial charge in [0, 0.05) is 44.7 Å². The second kappa shape index (κ2) is 10.0. The van der Waals surface area contributed by atoms with Crippen molar-refractivity contribution in [3.63, 3.8) is 0 Å². The number of hydrogen-bond donors (Lipinski definition) is 2. The highest BCUT2D eigenvalue weighted by Gasteiger charge is 2.38. The van der Waals surface area contributed by atoms with Gasteiger partial charge in [0.1, 0.15) is 5.82 Å². The van der Waals surface area contributed by atoms with E-state index in [9.17, 15) is 4.39 Å². The average molecular weight is 378 g/mol. The topological polar surface area (TPSA) is 54.9 Å². The molecule has 1 aliphatic heterocycles. The molecule has 0 amide bonds. The summed E-state index contributed by atoms with van der Waals surface area (Å²) in [5, 5.41) is 6.80. The summed E-state index contributed by atoms with van der Waals surface area (Å²) in [6.45, 7) is 4.90. The lowest BCUT2D eigenvalue weighted by Crippen LogP contribution is -2.49. The molecule has 2 aliphatic rings. The van der Waals surface area contributed by atoms with Crippen LogP contribution in [0.25, 0.3) is 0 Å². The van der Waals surface area contributed by atoms with E-state index in [0.717, 1.165) is 71.2 Å². The summed E-state index contributed by atoms with van der Waals surface area (Å²) in [6, 6.07) is 6.94. The van der Waals surface area contributed by atoms with E-state index in [-0.39, 0.29) is 11.2 Å². The molecule has 1 saturated heterocycles. The fourth-order valence-electron chi connectivity index (χ4n) is 3.79. The molecule has 1 saturated carbocycles. The zero-order valence-corrected chi connectivity index (χ0v) is 16.3. The number of aliphatic imine (C=N–C) groups is 1. The highest BCUT2D eigenvalue weighted by molar-refractivity contribution is 5.79. The van der Waals surface area contributed by atoms with Crippen LogP contribution >= 0.6 is 0 Å². The Labute approximate surface area is 161 Å². The number of hydrogen-bond acceptors (Lipinski definition) is 3. The average Bonchev–Trinajstić information content (AvgIpc) is 3.16. The number of guanidine groups is 1. The molecular formula is C21H32FN3O2. The Hall–Kier alpha value is -1.66. The molecule has 1 heterocycles. The van der Waals surface area contributed by atoms with E-state index < -0.39 is 0 Å². The van der Waals surface area contributed by atoms with Gasteiger partial charge in [0.25, 0.3) is 0 Å². The van der Waals surface area contributed by atoms with Crippen LogP contribution in [0, 0.1) is 11.7 Å². The van der Waals surface area contributed by atoms with Crippen molar-refractivity contribution in [3.8, 4) is 0 Å². The maximum atomic E-state index is 13.2. The Kier molecular flexibility index (Phi) is 7.47. The molecule has 0 spiro atoms. The Morgan fingerprint density at radius 1 is 1.30 bits per heavy atom. The zero-order chi connectivity index (χ0) is 19.0. The van der Waals surface area contributed by atoms with Gasteiger partial charge in [0.2, 0.25) is 0 Å². The lowest BCUT2D eigenvalue weighted by molar-refractivity contribution is 0.0888. The van der Waals surface area contributed by atoms with Gasteiger partial charge in [0.15, 0.2) is 5.96 Å². The minimum Gasteiger partial charge on any atom is -0.381 e. The van der Waals surface area contributed by atoms with E-state index >= 15 is 0 Å². The first kappa shape index (κ1) is 20.1. The number of rotatable bonds is 9.